The molecule has 3 aromatic rings. The fraction of sp³-hybridized carbons (Fsp3) is 0.190. The second-order valence-electron chi connectivity index (χ2n) is 5.77. The van der Waals surface area contributed by atoms with E-state index in [9.17, 15) is 4.79 Å². The summed E-state index contributed by atoms with van der Waals surface area (Å²) in [6, 6.07) is 20.5. The number of furan rings is 1. The zero-order chi connectivity index (χ0) is 18.7. The van der Waals surface area contributed by atoms with Crippen LogP contribution in [0.1, 0.15) is 5.76 Å². The van der Waals surface area contributed by atoms with Crippen molar-refractivity contribution >= 4 is 11.6 Å². The topological polar surface area (TPSA) is 72.7 Å². The van der Waals surface area contributed by atoms with Gasteiger partial charge in [0, 0.05) is 5.69 Å². The number of hydrogen-bond donors (Lipinski definition) is 2. The van der Waals surface area contributed by atoms with Gasteiger partial charge in [0.05, 0.1) is 19.4 Å². The summed E-state index contributed by atoms with van der Waals surface area (Å²) in [5.41, 5.74) is 0.715. The second kappa shape index (κ2) is 10.0. The van der Waals surface area contributed by atoms with Gasteiger partial charge in [-0.3, -0.25) is 4.79 Å². The molecule has 0 unspecified atom stereocenters. The molecule has 1 aromatic heterocycles. The second-order valence-corrected chi connectivity index (χ2v) is 5.77. The molecule has 0 radical (unpaired) electrons. The Hall–Kier alpha value is -3.25. The Labute approximate surface area is 158 Å². The number of carbonyl (C=O) groups excluding carboxylic acids is 1. The first-order valence-electron chi connectivity index (χ1n) is 8.73. The van der Waals surface area contributed by atoms with Gasteiger partial charge >= 0.3 is 0 Å². The molecule has 6 nitrogen and oxygen atoms in total. The van der Waals surface area contributed by atoms with Gasteiger partial charge < -0.3 is 24.5 Å². The number of ether oxygens (including phenoxy) is 2. The molecule has 0 atom stereocenters. The Balaban J connectivity index is 1.33. The SMILES string of the molecule is O=C(CNCc1ccco1)Nc1ccc(OCCOc2ccccc2)cc1. The summed E-state index contributed by atoms with van der Waals surface area (Å²) in [5, 5.41) is 5.85. The van der Waals surface area contributed by atoms with Crippen LogP contribution in [-0.4, -0.2) is 25.7 Å². The fourth-order valence-corrected chi connectivity index (χ4v) is 2.39. The van der Waals surface area contributed by atoms with Crippen molar-refractivity contribution in [2.45, 2.75) is 6.54 Å². The monoisotopic (exact) mass is 366 g/mol. The van der Waals surface area contributed by atoms with Crippen molar-refractivity contribution in [3.8, 4) is 11.5 Å². The van der Waals surface area contributed by atoms with Gasteiger partial charge in [-0.25, -0.2) is 0 Å². The highest BCUT2D eigenvalue weighted by molar-refractivity contribution is 5.92. The lowest BCUT2D eigenvalue weighted by atomic mass is 10.3. The predicted octanol–water partition coefficient (Wildman–Crippen LogP) is 3.47. The Bertz CT molecular complexity index is 802. The molecule has 6 heteroatoms. The molecule has 0 aliphatic carbocycles. The number of carbonyl (C=O) groups is 1. The molecule has 0 saturated heterocycles. The van der Waals surface area contributed by atoms with Crippen molar-refractivity contribution < 1.29 is 18.7 Å². The van der Waals surface area contributed by atoms with Crippen LogP contribution >= 0.6 is 0 Å². The van der Waals surface area contributed by atoms with E-state index in [0.29, 0.717) is 25.4 Å². The van der Waals surface area contributed by atoms with Crippen LogP contribution in [0.5, 0.6) is 11.5 Å². The molecule has 1 amide bonds. The van der Waals surface area contributed by atoms with Gasteiger partial charge in [0.25, 0.3) is 0 Å². The van der Waals surface area contributed by atoms with Crippen LogP contribution in [0.4, 0.5) is 5.69 Å². The van der Waals surface area contributed by atoms with Gasteiger partial charge in [-0.15, -0.1) is 0 Å². The number of nitrogens with one attached hydrogen (secondary N) is 2. The van der Waals surface area contributed by atoms with Gasteiger partial charge in [0.15, 0.2) is 0 Å². The average molecular weight is 366 g/mol. The first-order valence-corrected chi connectivity index (χ1v) is 8.73. The number of anilines is 1. The van der Waals surface area contributed by atoms with Crippen LogP contribution in [0.3, 0.4) is 0 Å². The van der Waals surface area contributed by atoms with Crippen LogP contribution in [-0.2, 0) is 11.3 Å². The summed E-state index contributed by atoms with van der Waals surface area (Å²) in [5.74, 6) is 2.22. The Morgan fingerprint density at radius 3 is 2.22 bits per heavy atom. The molecule has 140 valence electrons. The van der Waals surface area contributed by atoms with Gasteiger partial charge in [0.2, 0.25) is 5.91 Å². The zero-order valence-corrected chi connectivity index (χ0v) is 14.9. The lowest BCUT2D eigenvalue weighted by Gasteiger charge is -2.10. The van der Waals surface area contributed by atoms with Crippen LogP contribution in [0, 0.1) is 0 Å². The predicted molar refractivity (Wildman–Crippen MR) is 103 cm³/mol. The fourth-order valence-electron chi connectivity index (χ4n) is 2.39. The van der Waals surface area contributed by atoms with Crippen molar-refractivity contribution in [1.29, 1.82) is 0 Å². The number of benzene rings is 2. The highest BCUT2D eigenvalue weighted by Gasteiger charge is 2.03. The largest absolute Gasteiger partial charge is 0.490 e. The third-order valence-electron chi connectivity index (χ3n) is 3.67. The molecule has 0 bridgehead atoms. The van der Waals surface area contributed by atoms with E-state index in [2.05, 4.69) is 10.6 Å². The highest BCUT2D eigenvalue weighted by atomic mass is 16.5. The third kappa shape index (κ3) is 6.52. The smallest absolute Gasteiger partial charge is 0.238 e. The summed E-state index contributed by atoms with van der Waals surface area (Å²) < 4.78 is 16.4. The Kier molecular flexibility index (Phi) is 6.89. The van der Waals surface area contributed by atoms with Crippen molar-refractivity contribution in [2.75, 3.05) is 25.1 Å². The number of amides is 1. The van der Waals surface area contributed by atoms with E-state index in [0.717, 1.165) is 17.3 Å². The maximum Gasteiger partial charge on any atom is 0.238 e. The van der Waals surface area contributed by atoms with E-state index < -0.39 is 0 Å². The summed E-state index contributed by atoms with van der Waals surface area (Å²) in [7, 11) is 0. The molecule has 0 saturated carbocycles. The molecule has 0 aliphatic heterocycles. The molecule has 0 aliphatic rings. The van der Waals surface area contributed by atoms with Crippen molar-refractivity contribution in [3.05, 3.63) is 78.8 Å². The highest BCUT2D eigenvalue weighted by Crippen LogP contribution is 2.16. The van der Waals surface area contributed by atoms with Gasteiger partial charge in [-0.2, -0.15) is 0 Å². The number of hydrogen-bond acceptors (Lipinski definition) is 5. The average Bonchev–Trinajstić information content (AvgIpc) is 3.21. The minimum Gasteiger partial charge on any atom is -0.490 e. The van der Waals surface area contributed by atoms with Crippen molar-refractivity contribution in [2.24, 2.45) is 0 Å². The lowest BCUT2D eigenvalue weighted by Crippen LogP contribution is -2.27. The van der Waals surface area contributed by atoms with Crippen LogP contribution in [0.25, 0.3) is 0 Å². The maximum atomic E-state index is 11.9. The lowest BCUT2D eigenvalue weighted by molar-refractivity contribution is -0.115. The molecular weight excluding hydrogens is 344 g/mol. The number of rotatable bonds is 10. The summed E-state index contributed by atoms with van der Waals surface area (Å²) in [6.07, 6.45) is 1.61. The summed E-state index contributed by atoms with van der Waals surface area (Å²) >= 11 is 0. The van der Waals surface area contributed by atoms with Crippen molar-refractivity contribution in [3.63, 3.8) is 0 Å². The first kappa shape index (κ1) is 18.5. The standard InChI is InChI=1S/C21H22N2O4/c24-21(16-22-15-20-7-4-12-25-20)23-17-8-10-19(11-9-17)27-14-13-26-18-5-2-1-3-6-18/h1-12,22H,13-16H2,(H,23,24). The van der Waals surface area contributed by atoms with Gasteiger partial charge in [-0.05, 0) is 48.5 Å². The van der Waals surface area contributed by atoms with E-state index in [1.165, 1.54) is 0 Å². The van der Waals surface area contributed by atoms with Gasteiger partial charge in [0.1, 0.15) is 30.5 Å². The maximum absolute atomic E-state index is 11.9. The van der Waals surface area contributed by atoms with E-state index >= 15 is 0 Å². The molecule has 1 heterocycles. The molecule has 2 N–H and O–H groups in total. The third-order valence-corrected chi connectivity index (χ3v) is 3.67. The molecule has 27 heavy (non-hydrogen) atoms. The molecule has 2 aromatic carbocycles. The Morgan fingerprint density at radius 2 is 1.56 bits per heavy atom. The molecule has 3 rings (SSSR count). The van der Waals surface area contributed by atoms with Crippen molar-refractivity contribution in [1.82, 2.24) is 5.32 Å². The normalized spacial score (nSPS) is 10.4. The first-order chi connectivity index (χ1) is 13.3. The minimum absolute atomic E-state index is 0.119. The van der Waals surface area contributed by atoms with E-state index in [-0.39, 0.29) is 12.5 Å². The minimum atomic E-state index is -0.119. The quantitative estimate of drug-likeness (QED) is 0.538. The summed E-state index contributed by atoms with van der Waals surface area (Å²) in [6.45, 7) is 1.62. The van der Waals surface area contributed by atoms with Crippen LogP contribution in [0.15, 0.2) is 77.4 Å². The van der Waals surface area contributed by atoms with Crippen LogP contribution in [0.2, 0.25) is 0 Å². The van der Waals surface area contributed by atoms with Gasteiger partial charge in [-0.1, -0.05) is 18.2 Å². The molecule has 0 spiro atoms. The zero-order valence-electron chi connectivity index (χ0n) is 14.9. The van der Waals surface area contributed by atoms with E-state index in [4.69, 9.17) is 13.9 Å². The summed E-state index contributed by atoms with van der Waals surface area (Å²) in [4.78, 5) is 11.9. The van der Waals surface area contributed by atoms with Crippen LogP contribution < -0.4 is 20.1 Å². The van der Waals surface area contributed by atoms with E-state index in [1.54, 1.807) is 18.4 Å². The molecular formula is C21H22N2O4. The molecule has 0 fully saturated rings. The van der Waals surface area contributed by atoms with E-state index in [1.807, 2.05) is 54.6 Å². The Morgan fingerprint density at radius 1 is 0.852 bits per heavy atom. The number of para-hydroxylation sites is 1.